The van der Waals surface area contributed by atoms with Gasteiger partial charge in [0, 0.05) is 19.3 Å². The van der Waals surface area contributed by atoms with Crippen molar-refractivity contribution in [3.8, 4) is 0 Å². The van der Waals surface area contributed by atoms with Gasteiger partial charge in [-0.05, 0) is 18.3 Å². The Morgan fingerprint density at radius 2 is 1.26 bits per heavy atom. The zero-order valence-electron chi connectivity index (χ0n) is 27.9. The number of hydrogen-bond acceptors (Lipinski definition) is 14. The van der Waals surface area contributed by atoms with Crippen LogP contribution in [0.3, 0.4) is 0 Å². The van der Waals surface area contributed by atoms with Crippen LogP contribution in [-0.4, -0.2) is 118 Å². The number of aliphatic hydroxyl groups excluding tert-OH is 5. The van der Waals surface area contributed by atoms with Crippen LogP contribution in [-0.2, 0) is 42.8 Å². The SMILES string of the molecule is CCCCCCCCCC(=O)O[C@@H]1[C@@H](O)[C@@H](O[C@]2(CO)O[C@H](CO)[C@@H](O)[C@@H]2OC(=O)CC(C)C)O[C@H](CO)[C@H]1OC(=O)CC(C)C. The normalized spacial score (nSPS) is 31.3. The molecule has 2 heterocycles. The molecular weight excluding hydrogens is 608 g/mol. The lowest BCUT2D eigenvalue weighted by Gasteiger charge is -2.45. The minimum Gasteiger partial charge on any atom is -0.455 e. The smallest absolute Gasteiger partial charge is 0.306 e. The Hall–Kier alpha value is -1.91. The van der Waals surface area contributed by atoms with E-state index in [0.29, 0.717) is 6.42 Å². The first-order chi connectivity index (χ1) is 21.8. The Morgan fingerprint density at radius 3 is 1.80 bits per heavy atom. The van der Waals surface area contributed by atoms with Gasteiger partial charge in [0.1, 0.15) is 31.0 Å². The van der Waals surface area contributed by atoms with Crippen LogP contribution in [0, 0.1) is 11.8 Å². The largest absolute Gasteiger partial charge is 0.455 e. The van der Waals surface area contributed by atoms with E-state index in [1.54, 1.807) is 27.7 Å². The van der Waals surface area contributed by atoms with Crippen molar-refractivity contribution in [3.63, 3.8) is 0 Å². The Bertz CT molecular complexity index is 928. The maximum absolute atomic E-state index is 13.0. The highest BCUT2D eigenvalue weighted by Gasteiger charge is 2.61. The van der Waals surface area contributed by atoms with E-state index in [0.717, 1.165) is 38.5 Å². The molecule has 0 saturated carbocycles. The number of aliphatic hydroxyl groups is 5. The van der Waals surface area contributed by atoms with Crippen molar-refractivity contribution in [3.05, 3.63) is 0 Å². The average Bonchev–Trinajstić information content (AvgIpc) is 3.25. The molecule has 2 saturated heterocycles. The molecule has 0 aromatic heterocycles. The summed E-state index contributed by atoms with van der Waals surface area (Å²) in [6, 6.07) is 0. The molecule has 268 valence electrons. The van der Waals surface area contributed by atoms with Gasteiger partial charge in [0.05, 0.1) is 13.2 Å². The van der Waals surface area contributed by atoms with Crippen molar-refractivity contribution in [1.82, 2.24) is 0 Å². The highest BCUT2D eigenvalue weighted by atomic mass is 16.8. The van der Waals surface area contributed by atoms with Gasteiger partial charge in [-0.1, -0.05) is 73.1 Å². The van der Waals surface area contributed by atoms with E-state index in [2.05, 4.69) is 6.92 Å². The van der Waals surface area contributed by atoms with E-state index in [4.69, 9.17) is 28.4 Å². The lowest BCUT2D eigenvalue weighted by molar-refractivity contribution is -0.384. The molecule has 0 spiro atoms. The van der Waals surface area contributed by atoms with Crippen molar-refractivity contribution in [2.24, 2.45) is 11.8 Å². The molecule has 2 fully saturated rings. The van der Waals surface area contributed by atoms with Crippen molar-refractivity contribution in [2.45, 2.75) is 154 Å². The van der Waals surface area contributed by atoms with Crippen LogP contribution in [0.25, 0.3) is 0 Å². The summed E-state index contributed by atoms with van der Waals surface area (Å²) in [5.74, 6) is -4.60. The first kappa shape index (κ1) is 40.3. The Kier molecular flexibility index (Phi) is 17.3. The summed E-state index contributed by atoms with van der Waals surface area (Å²) in [7, 11) is 0. The number of carbonyl (C=O) groups is 3. The summed E-state index contributed by atoms with van der Waals surface area (Å²) in [5.41, 5.74) is 0. The number of hydrogen-bond donors (Lipinski definition) is 5. The predicted molar refractivity (Wildman–Crippen MR) is 162 cm³/mol. The summed E-state index contributed by atoms with van der Waals surface area (Å²) in [6.07, 6.45) is -5.92. The van der Waals surface area contributed by atoms with E-state index in [9.17, 15) is 39.9 Å². The van der Waals surface area contributed by atoms with Crippen molar-refractivity contribution in [1.29, 1.82) is 0 Å². The second kappa shape index (κ2) is 19.8. The Labute approximate surface area is 271 Å². The van der Waals surface area contributed by atoms with Gasteiger partial charge in [0.2, 0.25) is 5.79 Å². The van der Waals surface area contributed by atoms with E-state index in [-0.39, 0.29) is 31.1 Å². The zero-order valence-corrected chi connectivity index (χ0v) is 27.9. The molecule has 2 aliphatic heterocycles. The van der Waals surface area contributed by atoms with E-state index in [1.807, 2.05) is 0 Å². The van der Waals surface area contributed by atoms with Gasteiger partial charge in [0.15, 0.2) is 24.6 Å². The van der Waals surface area contributed by atoms with E-state index < -0.39 is 92.5 Å². The third-order valence-corrected chi connectivity index (χ3v) is 7.91. The van der Waals surface area contributed by atoms with Crippen LogP contribution in [0.15, 0.2) is 0 Å². The summed E-state index contributed by atoms with van der Waals surface area (Å²) >= 11 is 0. The number of rotatable bonds is 20. The number of esters is 3. The minimum absolute atomic E-state index is 0.00863. The second-order valence-electron chi connectivity index (χ2n) is 13.0. The molecule has 2 aliphatic rings. The molecule has 14 nitrogen and oxygen atoms in total. The fraction of sp³-hybridized carbons (Fsp3) is 0.906. The predicted octanol–water partition coefficient (Wildman–Crippen LogP) is 1.49. The molecule has 2 rings (SSSR count). The average molecular weight is 665 g/mol. The fourth-order valence-electron chi connectivity index (χ4n) is 5.52. The van der Waals surface area contributed by atoms with Gasteiger partial charge in [0.25, 0.3) is 0 Å². The maximum atomic E-state index is 13.0. The summed E-state index contributed by atoms with van der Waals surface area (Å²) in [5, 5.41) is 52.7. The molecule has 9 atom stereocenters. The van der Waals surface area contributed by atoms with Gasteiger partial charge in [-0.25, -0.2) is 0 Å². The molecular formula is C32H56O14. The standard InChI is InChI=1S/C32H56O14/c1-6-7-8-9-10-11-12-13-23(36)42-29-27(40)31(41-22(17-34)28(29)43-24(37)14-19(2)3)46-32(18-35)30(26(39)21(16-33)45-32)44-25(38)15-20(4)5/h19-22,26-31,33-35,39-40H,6-18H2,1-5H3/t21-,22-,26-,27-,28-,29-,30+,31-,32+/m1/s1. The summed E-state index contributed by atoms with van der Waals surface area (Å²) in [6.45, 7) is 6.78. The summed E-state index contributed by atoms with van der Waals surface area (Å²) < 4.78 is 34.0. The minimum atomic E-state index is -2.33. The quantitative estimate of drug-likeness (QED) is 0.0710. The highest BCUT2D eigenvalue weighted by Crippen LogP contribution is 2.39. The fourth-order valence-corrected chi connectivity index (χ4v) is 5.52. The van der Waals surface area contributed by atoms with E-state index >= 15 is 0 Å². The monoisotopic (exact) mass is 664 g/mol. The van der Waals surface area contributed by atoms with Crippen LogP contribution >= 0.6 is 0 Å². The van der Waals surface area contributed by atoms with Crippen LogP contribution in [0.1, 0.15) is 98.8 Å². The van der Waals surface area contributed by atoms with Gasteiger partial charge in [-0.2, -0.15) is 0 Å². The van der Waals surface area contributed by atoms with Crippen molar-refractivity contribution in [2.75, 3.05) is 19.8 Å². The molecule has 0 amide bonds. The molecule has 5 N–H and O–H groups in total. The van der Waals surface area contributed by atoms with Crippen LogP contribution in [0.5, 0.6) is 0 Å². The van der Waals surface area contributed by atoms with Crippen LogP contribution in [0.4, 0.5) is 0 Å². The van der Waals surface area contributed by atoms with Crippen molar-refractivity contribution < 1.29 is 68.3 Å². The lowest BCUT2D eigenvalue weighted by atomic mass is 9.97. The van der Waals surface area contributed by atoms with E-state index in [1.165, 1.54) is 0 Å². The number of unbranched alkanes of at least 4 members (excludes halogenated alkanes) is 6. The topological polar surface area (TPSA) is 208 Å². The molecule has 0 aromatic rings. The number of carbonyl (C=O) groups excluding carboxylic acids is 3. The third kappa shape index (κ3) is 11.7. The third-order valence-electron chi connectivity index (χ3n) is 7.91. The first-order valence-corrected chi connectivity index (χ1v) is 16.6. The molecule has 0 aromatic carbocycles. The Morgan fingerprint density at radius 1 is 0.717 bits per heavy atom. The van der Waals surface area contributed by atoms with Crippen LogP contribution < -0.4 is 0 Å². The van der Waals surface area contributed by atoms with Crippen molar-refractivity contribution >= 4 is 17.9 Å². The second-order valence-corrected chi connectivity index (χ2v) is 13.0. The van der Waals surface area contributed by atoms with Gasteiger partial charge in [-0.15, -0.1) is 0 Å². The molecule has 0 aliphatic carbocycles. The highest BCUT2D eigenvalue weighted by molar-refractivity contribution is 5.71. The van der Waals surface area contributed by atoms with Gasteiger partial charge < -0.3 is 54.0 Å². The lowest BCUT2D eigenvalue weighted by Crippen LogP contribution is -2.64. The first-order valence-electron chi connectivity index (χ1n) is 16.6. The van der Waals surface area contributed by atoms with Crippen LogP contribution in [0.2, 0.25) is 0 Å². The Balaban J connectivity index is 2.31. The number of ether oxygens (including phenoxy) is 6. The molecule has 0 bridgehead atoms. The summed E-state index contributed by atoms with van der Waals surface area (Å²) in [4.78, 5) is 38.2. The zero-order chi connectivity index (χ0) is 34.4. The van der Waals surface area contributed by atoms with Gasteiger partial charge in [-0.3, -0.25) is 14.4 Å². The molecule has 0 radical (unpaired) electrons. The van der Waals surface area contributed by atoms with Gasteiger partial charge >= 0.3 is 17.9 Å². The maximum Gasteiger partial charge on any atom is 0.306 e. The molecule has 46 heavy (non-hydrogen) atoms. The molecule has 0 unspecified atom stereocenters. The molecule has 14 heteroatoms.